The van der Waals surface area contributed by atoms with Gasteiger partial charge in [0.05, 0.1) is 24.5 Å². The van der Waals surface area contributed by atoms with Crippen LogP contribution in [0.4, 0.5) is 0 Å². The van der Waals surface area contributed by atoms with E-state index in [-0.39, 0.29) is 35.7 Å². The molecule has 0 radical (unpaired) electrons. The lowest BCUT2D eigenvalue weighted by molar-refractivity contribution is -0.137. The van der Waals surface area contributed by atoms with Crippen LogP contribution in [-0.2, 0) is 9.59 Å². The minimum Gasteiger partial charge on any atom is -0.496 e. The van der Waals surface area contributed by atoms with E-state index in [1.165, 1.54) is 7.11 Å². The number of ether oxygens (including phenoxy) is 1. The van der Waals surface area contributed by atoms with Gasteiger partial charge in [-0.15, -0.1) is 0 Å². The molecular formula is C17H19NO5. The molecule has 122 valence electrons. The van der Waals surface area contributed by atoms with Gasteiger partial charge in [0.1, 0.15) is 5.75 Å². The topological polar surface area (TPSA) is 89.5 Å². The highest BCUT2D eigenvalue weighted by molar-refractivity contribution is 6.29. The third-order valence-electron chi connectivity index (χ3n) is 4.01. The van der Waals surface area contributed by atoms with Gasteiger partial charge in [0.2, 0.25) is 11.8 Å². The molecule has 6 nitrogen and oxygen atoms in total. The molecule has 2 atom stereocenters. The van der Waals surface area contributed by atoms with E-state index in [2.05, 4.69) is 5.32 Å². The Morgan fingerprint density at radius 1 is 1.09 bits per heavy atom. The Bertz CT molecular complexity index is 680. The maximum Gasteiger partial charge on any atom is 0.230 e. The van der Waals surface area contributed by atoms with Gasteiger partial charge in [-0.05, 0) is 12.5 Å². The first-order valence-electron chi connectivity index (χ1n) is 7.63. The SMILES string of the molecule is CC.COc1cccc2c1C(=O)C(C1CCC(=O)NC1=O)C2=O. The second-order valence-electron chi connectivity index (χ2n) is 5.15. The van der Waals surface area contributed by atoms with E-state index in [4.69, 9.17) is 4.74 Å². The number of carbonyl (C=O) groups is 4. The first-order chi connectivity index (χ1) is 11.0. The van der Waals surface area contributed by atoms with E-state index < -0.39 is 23.5 Å². The Balaban J connectivity index is 0.000000924. The minimum absolute atomic E-state index is 0.140. The molecule has 3 rings (SSSR count). The number of rotatable bonds is 2. The molecule has 1 aromatic carbocycles. The Labute approximate surface area is 134 Å². The first-order valence-corrected chi connectivity index (χ1v) is 7.63. The van der Waals surface area contributed by atoms with Crippen molar-refractivity contribution in [3.05, 3.63) is 29.3 Å². The lowest BCUT2D eigenvalue weighted by Gasteiger charge is -2.24. The van der Waals surface area contributed by atoms with Gasteiger partial charge in [-0.1, -0.05) is 26.0 Å². The molecule has 2 unspecified atom stereocenters. The van der Waals surface area contributed by atoms with Crippen LogP contribution in [0.1, 0.15) is 47.4 Å². The summed E-state index contributed by atoms with van der Waals surface area (Å²) >= 11 is 0. The maximum absolute atomic E-state index is 12.5. The zero-order valence-corrected chi connectivity index (χ0v) is 13.3. The molecule has 1 aromatic rings. The van der Waals surface area contributed by atoms with Crippen molar-refractivity contribution in [2.24, 2.45) is 11.8 Å². The van der Waals surface area contributed by atoms with Crippen molar-refractivity contribution in [2.45, 2.75) is 26.7 Å². The number of hydrogen-bond donors (Lipinski definition) is 1. The molecule has 0 bridgehead atoms. The van der Waals surface area contributed by atoms with Crippen molar-refractivity contribution < 1.29 is 23.9 Å². The van der Waals surface area contributed by atoms with Gasteiger partial charge in [0, 0.05) is 12.0 Å². The van der Waals surface area contributed by atoms with Gasteiger partial charge in [-0.2, -0.15) is 0 Å². The molecule has 1 heterocycles. The maximum atomic E-state index is 12.5. The highest BCUT2D eigenvalue weighted by Crippen LogP contribution is 2.38. The van der Waals surface area contributed by atoms with Crippen LogP contribution in [0.15, 0.2) is 18.2 Å². The third kappa shape index (κ3) is 2.76. The van der Waals surface area contributed by atoms with Crippen LogP contribution in [0.25, 0.3) is 0 Å². The van der Waals surface area contributed by atoms with Crippen LogP contribution in [0.3, 0.4) is 0 Å². The van der Waals surface area contributed by atoms with Crippen molar-refractivity contribution in [2.75, 3.05) is 7.11 Å². The summed E-state index contributed by atoms with van der Waals surface area (Å²) in [6, 6.07) is 4.80. The molecule has 1 N–H and O–H groups in total. The Morgan fingerprint density at radius 2 is 1.78 bits per heavy atom. The molecule has 6 heteroatoms. The van der Waals surface area contributed by atoms with E-state index in [0.717, 1.165) is 0 Å². The molecule has 0 aromatic heterocycles. The fraction of sp³-hybridized carbons (Fsp3) is 0.412. The number of amides is 2. The fourth-order valence-corrected chi connectivity index (χ4v) is 3.00. The largest absolute Gasteiger partial charge is 0.496 e. The van der Waals surface area contributed by atoms with Crippen molar-refractivity contribution in [1.82, 2.24) is 5.32 Å². The number of carbonyl (C=O) groups excluding carboxylic acids is 4. The zero-order valence-electron chi connectivity index (χ0n) is 13.3. The van der Waals surface area contributed by atoms with Crippen LogP contribution in [0.5, 0.6) is 5.75 Å². The van der Waals surface area contributed by atoms with Crippen molar-refractivity contribution in [3.8, 4) is 5.75 Å². The van der Waals surface area contributed by atoms with E-state index in [0.29, 0.717) is 5.75 Å². The summed E-state index contributed by atoms with van der Waals surface area (Å²) in [6.07, 6.45) is 0.351. The molecule has 2 aliphatic rings. The van der Waals surface area contributed by atoms with Gasteiger partial charge in [0.25, 0.3) is 0 Å². The molecule has 1 aliphatic carbocycles. The van der Waals surface area contributed by atoms with Gasteiger partial charge in [-0.25, -0.2) is 0 Å². The van der Waals surface area contributed by atoms with E-state index in [1.54, 1.807) is 18.2 Å². The van der Waals surface area contributed by atoms with Gasteiger partial charge in [0.15, 0.2) is 11.6 Å². The standard InChI is InChI=1S/C15H13NO5.C2H6/c1-21-9-4-2-3-7-11(9)14(19)12(13(7)18)8-5-6-10(17)16-15(8)20;1-2/h2-4,8,12H,5-6H2,1H3,(H,16,17,20);1-2H3. The normalized spacial score (nSPS) is 22.9. The van der Waals surface area contributed by atoms with Crippen LogP contribution in [0, 0.1) is 11.8 Å². The second-order valence-corrected chi connectivity index (χ2v) is 5.15. The molecule has 1 saturated heterocycles. The second kappa shape index (κ2) is 6.73. The molecule has 1 aliphatic heterocycles. The highest BCUT2D eigenvalue weighted by Gasteiger charge is 2.48. The zero-order chi connectivity index (χ0) is 17.1. The monoisotopic (exact) mass is 317 g/mol. The summed E-state index contributed by atoms with van der Waals surface area (Å²) in [5.41, 5.74) is 0.522. The Hall–Kier alpha value is -2.50. The molecule has 0 spiro atoms. The van der Waals surface area contributed by atoms with E-state index in [1.807, 2.05) is 13.8 Å². The minimum atomic E-state index is -1.05. The van der Waals surface area contributed by atoms with Crippen molar-refractivity contribution in [3.63, 3.8) is 0 Å². The van der Waals surface area contributed by atoms with Crippen LogP contribution >= 0.6 is 0 Å². The van der Waals surface area contributed by atoms with Crippen LogP contribution in [-0.4, -0.2) is 30.5 Å². The summed E-state index contributed by atoms with van der Waals surface area (Å²) in [6.45, 7) is 4.00. The third-order valence-corrected chi connectivity index (χ3v) is 4.01. The lowest BCUT2D eigenvalue weighted by Crippen LogP contribution is -2.46. The van der Waals surface area contributed by atoms with E-state index in [9.17, 15) is 19.2 Å². The van der Waals surface area contributed by atoms with E-state index >= 15 is 0 Å². The Kier molecular flexibility index (Phi) is 4.93. The van der Waals surface area contributed by atoms with Gasteiger partial charge < -0.3 is 4.74 Å². The molecule has 23 heavy (non-hydrogen) atoms. The highest BCUT2D eigenvalue weighted by atomic mass is 16.5. The smallest absolute Gasteiger partial charge is 0.230 e. The molecular weight excluding hydrogens is 298 g/mol. The average Bonchev–Trinajstić information content (AvgIpc) is 2.81. The van der Waals surface area contributed by atoms with Gasteiger partial charge >= 0.3 is 0 Å². The number of nitrogens with one attached hydrogen (secondary N) is 1. The number of methoxy groups -OCH3 is 1. The summed E-state index contributed by atoms with van der Waals surface area (Å²) in [4.78, 5) is 48.1. The number of fused-ring (bicyclic) bond motifs is 1. The Morgan fingerprint density at radius 3 is 2.39 bits per heavy atom. The number of hydrogen-bond acceptors (Lipinski definition) is 5. The number of piperidine rings is 1. The van der Waals surface area contributed by atoms with Crippen molar-refractivity contribution >= 4 is 23.4 Å². The molecule has 1 fully saturated rings. The average molecular weight is 317 g/mol. The fourth-order valence-electron chi connectivity index (χ4n) is 3.00. The first kappa shape index (κ1) is 16.9. The van der Waals surface area contributed by atoms with Crippen LogP contribution < -0.4 is 10.1 Å². The number of imide groups is 1. The predicted molar refractivity (Wildman–Crippen MR) is 82.4 cm³/mol. The number of benzene rings is 1. The molecule has 0 saturated carbocycles. The summed E-state index contributed by atoms with van der Waals surface area (Å²) < 4.78 is 5.13. The lowest BCUT2D eigenvalue weighted by atomic mass is 9.82. The quantitative estimate of drug-likeness (QED) is 0.663. The number of Topliss-reactive ketones (excluding diaryl/α,β-unsaturated/α-hetero) is 2. The van der Waals surface area contributed by atoms with Crippen LogP contribution in [0.2, 0.25) is 0 Å². The number of ketones is 2. The molecule has 2 amide bonds. The predicted octanol–water partition coefficient (Wildman–Crippen LogP) is 1.77. The van der Waals surface area contributed by atoms with Gasteiger partial charge in [-0.3, -0.25) is 24.5 Å². The summed E-state index contributed by atoms with van der Waals surface area (Å²) in [5, 5.41) is 2.19. The summed E-state index contributed by atoms with van der Waals surface area (Å²) in [7, 11) is 1.42. The summed E-state index contributed by atoms with van der Waals surface area (Å²) in [5.74, 6) is -3.20. The van der Waals surface area contributed by atoms with Crippen molar-refractivity contribution in [1.29, 1.82) is 0 Å².